The van der Waals surface area contributed by atoms with Gasteiger partial charge in [-0.05, 0) is 12.1 Å². The summed E-state index contributed by atoms with van der Waals surface area (Å²) in [6.07, 6.45) is 4.94. The van der Waals surface area contributed by atoms with E-state index in [1.807, 2.05) is 12.1 Å². The van der Waals surface area contributed by atoms with Gasteiger partial charge in [-0.1, -0.05) is 0 Å². The van der Waals surface area contributed by atoms with E-state index < -0.39 is 5.97 Å². The average molecular weight is 274 g/mol. The first-order chi connectivity index (χ1) is 9.20. The van der Waals surface area contributed by atoms with E-state index in [0.29, 0.717) is 16.1 Å². The molecular formula is C13H10N2O3S. The molecular weight excluding hydrogens is 264 g/mol. The number of methoxy groups -OCH3 is 1. The molecule has 5 nitrogen and oxygen atoms in total. The van der Waals surface area contributed by atoms with Crippen LogP contribution in [0.1, 0.15) is 9.67 Å². The summed E-state index contributed by atoms with van der Waals surface area (Å²) in [7, 11) is 1.33. The topological polar surface area (TPSA) is 78.3 Å². The number of hydrogen-bond donors (Lipinski definition) is 1. The second-order valence-corrected chi connectivity index (χ2v) is 4.97. The molecule has 3 aromatic heterocycles. The number of thiophene rings is 1. The Balaban J connectivity index is 2.17. The quantitative estimate of drug-likeness (QED) is 0.727. The number of nitrogens with zero attached hydrogens (tertiary/aromatic N) is 1. The Morgan fingerprint density at radius 1 is 1.47 bits per heavy atom. The van der Waals surface area contributed by atoms with Crippen LogP contribution in [0, 0.1) is 0 Å². The van der Waals surface area contributed by atoms with Gasteiger partial charge in [-0.15, -0.1) is 11.3 Å². The van der Waals surface area contributed by atoms with Gasteiger partial charge in [0.25, 0.3) is 0 Å². The fourth-order valence-electron chi connectivity index (χ4n) is 1.83. The highest BCUT2D eigenvalue weighted by atomic mass is 32.1. The number of rotatable bonds is 2. The summed E-state index contributed by atoms with van der Waals surface area (Å²) in [5.41, 5.74) is 8.75. The van der Waals surface area contributed by atoms with Crippen LogP contribution >= 0.6 is 11.3 Å². The Morgan fingerprint density at radius 2 is 2.32 bits per heavy atom. The summed E-state index contributed by atoms with van der Waals surface area (Å²) in [6.45, 7) is 0. The third-order valence-corrected chi connectivity index (χ3v) is 3.91. The monoisotopic (exact) mass is 274 g/mol. The molecule has 0 unspecified atom stereocenters. The number of nitrogen functional groups attached to an aromatic ring is 1. The molecule has 0 atom stereocenters. The van der Waals surface area contributed by atoms with Crippen molar-refractivity contribution in [3.05, 3.63) is 35.7 Å². The Labute approximate surface area is 112 Å². The average Bonchev–Trinajstić information content (AvgIpc) is 3.06. The minimum atomic E-state index is -0.439. The highest BCUT2D eigenvalue weighted by Gasteiger charge is 2.18. The summed E-state index contributed by atoms with van der Waals surface area (Å²) in [5, 5.41) is 0. The van der Waals surface area contributed by atoms with Gasteiger partial charge in [0.15, 0.2) is 0 Å². The standard InChI is InChI=1S/C13H10N2O3S/c1-17-13(16)12-10(14)11-9(19-12)4-8(5-15-11)7-2-3-18-6-7/h2-6H,14H2,1H3. The molecule has 0 aliphatic carbocycles. The lowest BCUT2D eigenvalue weighted by molar-refractivity contribution is 0.0607. The van der Waals surface area contributed by atoms with Crippen molar-refractivity contribution in [3.8, 4) is 11.1 Å². The molecule has 6 heteroatoms. The molecule has 2 N–H and O–H groups in total. The van der Waals surface area contributed by atoms with Crippen molar-refractivity contribution in [1.82, 2.24) is 4.98 Å². The van der Waals surface area contributed by atoms with Crippen molar-refractivity contribution in [2.45, 2.75) is 0 Å². The number of carbonyl (C=O) groups excluding carboxylic acids is 1. The Morgan fingerprint density at radius 3 is 3.00 bits per heavy atom. The van der Waals surface area contributed by atoms with Crippen LogP contribution in [0.25, 0.3) is 21.3 Å². The molecule has 96 valence electrons. The molecule has 0 saturated heterocycles. The van der Waals surface area contributed by atoms with E-state index in [2.05, 4.69) is 4.98 Å². The molecule has 0 fully saturated rings. The molecule has 0 aliphatic heterocycles. The number of anilines is 1. The molecule has 0 aromatic carbocycles. The van der Waals surface area contributed by atoms with Crippen LogP contribution in [0.4, 0.5) is 5.69 Å². The fourth-order valence-corrected chi connectivity index (χ4v) is 2.87. The molecule has 19 heavy (non-hydrogen) atoms. The number of esters is 1. The molecule has 3 aromatic rings. The molecule has 0 aliphatic rings. The second kappa shape index (κ2) is 4.40. The van der Waals surface area contributed by atoms with Gasteiger partial charge in [0, 0.05) is 17.3 Å². The van der Waals surface area contributed by atoms with E-state index in [1.165, 1.54) is 18.4 Å². The van der Waals surface area contributed by atoms with Gasteiger partial charge < -0.3 is 14.9 Å². The minimum absolute atomic E-state index is 0.366. The zero-order valence-electron chi connectivity index (χ0n) is 10.0. The molecule has 0 amide bonds. The summed E-state index contributed by atoms with van der Waals surface area (Å²) in [6, 6.07) is 3.78. The Hall–Kier alpha value is -2.34. The first kappa shape index (κ1) is 11.7. The summed E-state index contributed by atoms with van der Waals surface area (Å²) < 4.78 is 10.6. The lowest BCUT2D eigenvalue weighted by atomic mass is 10.1. The van der Waals surface area contributed by atoms with Crippen molar-refractivity contribution in [1.29, 1.82) is 0 Å². The van der Waals surface area contributed by atoms with Gasteiger partial charge in [-0.2, -0.15) is 0 Å². The minimum Gasteiger partial charge on any atom is -0.472 e. The van der Waals surface area contributed by atoms with E-state index in [1.54, 1.807) is 18.7 Å². The van der Waals surface area contributed by atoms with Crippen LogP contribution in [-0.2, 0) is 4.74 Å². The molecule has 0 bridgehead atoms. The SMILES string of the molecule is COC(=O)c1sc2cc(-c3ccoc3)cnc2c1N. The van der Waals surface area contributed by atoms with Gasteiger partial charge in [-0.25, -0.2) is 4.79 Å². The van der Waals surface area contributed by atoms with Crippen LogP contribution in [0.15, 0.2) is 35.3 Å². The first-order valence-corrected chi connectivity index (χ1v) is 6.31. The smallest absolute Gasteiger partial charge is 0.350 e. The maximum atomic E-state index is 11.6. The van der Waals surface area contributed by atoms with Crippen molar-refractivity contribution in [2.24, 2.45) is 0 Å². The number of pyridine rings is 1. The third kappa shape index (κ3) is 1.86. The predicted molar refractivity (Wildman–Crippen MR) is 73.1 cm³/mol. The molecule has 0 saturated carbocycles. The molecule has 0 radical (unpaired) electrons. The van der Waals surface area contributed by atoms with Crippen LogP contribution in [0.3, 0.4) is 0 Å². The number of hydrogen-bond acceptors (Lipinski definition) is 6. The van der Waals surface area contributed by atoms with Gasteiger partial charge >= 0.3 is 5.97 Å². The van der Waals surface area contributed by atoms with E-state index in [9.17, 15) is 4.79 Å². The van der Waals surface area contributed by atoms with Crippen molar-refractivity contribution >= 4 is 33.2 Å². The van der Waals surface area contributed by atoms with Crippen LogP contribution in [-0.4, -0.2) is 18.1 Å². The molecule has 0 spiro atoms. The van der Waals surface area contributed by atoms with Crippen LogP contribution < -0.4 is 5.73 Å². The predicted octanol–water partition coefficient (Wildman–Crippen LogP) is 2.93. The Kier molecular flexibility index (Phi) is 2.72. The number of carbonyl (C=O) groups is 1. The number of fused-ring (bicyclic) bond motifs is 1. The number of nitrogens with two attached hydrogens (primary N) is 1. The zero-order valence-corrected chi connectivity index (χ0v) is 10.9. The lowest BCUT2D eigenvalue weighted by Crippen LogP contribution is -2.01. The van der Waals surface area contributed by atoms with Gasteiger partial charge in [0.05, 0.1) is 30.0 Å². The van der Waals surface area contributed by atoms with Crippen LogP contribution in [0.2, 0.25) is 0 Å². The largest absolute Gasteiger partial charge is 0.472 e. The first-order valence-electron chi connectivity index (χ1n) is 5.49. The van der Waals surface area contributed by atoms with Crippen molar-refractivity contribution < 1.29 is 13.9 Å². The van der Waals surface area contributed by atoms with E-state index in [4.69, 9.17) is 14.9 Å². The van der Waals surface area contributed by atoms with Crippen molar-refractivity contribution in [2.75, 3.05) is 12.8 Å². The van der Waals surface area contributed by atoms with E-state index in [0.717, 1.165) is 15.8 Å². The number of furan rings is 1. The fraction of sp³-hybridized carbons (Fsp3) is 0.0769. The van der Waals surface area contributed by atoms with Gasteiger partial charge in [-0.3, -0.25) is 4.98 Å². The summed E-state index contributed by atoms with van der Waals surface area (Å²) in [5.74, 6) is -0.439. The van der Waals surface area contributed by atoms with Crippen molar-refractivity contribution in [3.63, 3.8) is 0 Å². The Bertz CT molecular complexity index is 747. The van der Waals surface area contributed by atoms with Crippen LogP contribution in [0.5, 0.6) is 0 Å². The summed E-state index contributed by atoms with van der Waals surface area (Å²) in [4.78, 5) is 16.3. The number of aromatic nitrogens is 1. The maximum absolute atomic E-state index is 11.6. The highest BCUT2D eigenvalue weighted by molar-refractivity contribution is 7.21. The van der Waals surface area contributed by atoms with E-state index >= 15 is 0 Å². The third-order valence-electron chi connectivity index (χ3n) is 2.79. The zero-order chi connectivity index (χ0) is 13.4. The second-order valence-electron chi connectivity index (χ2n) is 3.92. The summed E-state index contributed by atoms with van der Waals surface area (Å²) >= 11 is 1.28. The maximum Gasteiger partial charge on any atom is 0.350 e. The highest BCUT2D eigenvalue weighted by Crippen LogP contribution is 2.35. The molecule has 3 heterocycles. The lowest BCUT2D eigenvalue weighted by Gasteiger charge is -1.97. The number of ether oxygens (including phenoxy) is 1. The van der Waals surface area contributed by atoms with Gasteiger partial charge in [0.1, 0.15) is 10.4 Å². The van der Waals surface area contributed by atoms with Gasteiger partial charge in [0.2, 0.25) is 0 Å². The normalized spacial score (nSPS) is 10.8. The molecule has 3 rings (SSSR count). The van der Waals surface area contributed by atoms with E-state index in [-0.39, 0.29) is 0 Å².